The summed E-state index contributed by atoms with van der Waals surface area (Å²) in [5.74, 6) is -0.548. The summed E-state index contributed by atoms with van der Waals surface area (Å²) in [5.41, 5.74) is 8.20. The number of H-pyrrole nitrogens is 1. The van der Waals surface area contributed by atoms with E-state index in [1.54, 1.807) is 24.3 Å². The summed E-state index contributed by atoms with van der Waals surface area (Å²) in [6.45, 7) is 2.60. The van der Waals surface area contributed by atoms with Crippen LogP contribution in [0.4, 0.5) is 0 Å². The molecule has 0 saturated carbocycles. The molecule has 2 fully saturated rings. The average Bonchev–Trinajstić information content (AvgIpc) is 3.69. The molecule has 55 heavy (non-hydrogen) atoms. The molecule has 6 aromatic rings. The number of carbonyl (C=O) groups is 2. The van der Waals surface area contributed by atoms with Crippen LogP contribution in [0.25, 0.3) is 22.2 Å². The number of imidazole rings is 1. The molecule has 2 N–H and O–H groups in total. The van der Waals surface area contributed by atoms with Gasteiger partial charge in [-0.1, -0.05) is 84.9 Å². The molecule has 2 saturated heterocycles. The van der Waals surface area contributed by atoms with E-state index in [4.69, 9.17) is 9.47 Å². The Labute approximate surface area is 318 Å². The van der Waals surface area contributed by atoms with Crippen molar-refractivity contribution in [2.75, 3.05) is 19.6 Å². The zero-order chi connectivity index (χ0) is 37.5. The molecule has 10 heteroatoms. The summed E-state index contributed by atoms with van der Waals surface area (Å²) in [4.78, 5) is 45.8. The van der Waals surface area contributed by atoms with Gasteiger partial charge < -0.3 is 24.5 Å². The Balaban J connectivity index is 0.927. The Morgan fingerprint density at radius 1 is 0.691 bits per heavy atom. The number of nitrogens with zero attached hydrogens (tertiary/aromatic N) is 3. The highest BCUT2D eigenvalue weighted by molar-refractivity contribution is 6.21. The second-order valence-corrected chi connectivity index (χ2v) is 14.8. The highest BCUT2D eigenvalue weighted by Gasteiger charge is 2.36. The predicted octanol–water partition coefficient (Wildman–Crippen LogP) is 7.17. The summed E-state index contributed by atoms with van der Waals surface area (Å²) in [6.07, 6.45) is 1.47. The molecule has 3 aliphatic rings. The number of aromatic nitrogens is 2. The Morgan fingerprint density at radius 2 is 1.38 bits per heavy atom. The van der Waals surface area contributed by atoms with Gasteiger partial charge in [0.2, 0.25) is 0 Å². The van der Waals surface area contributed by atoms with Gasteiger partial charge in [-0.25, -0.2) is 4.79 Å². The number of aliphatic hydroxyl groups is 1. The van der Waals surface area contributed by atoms with Crippen molar-refractivity contribution in [2.24, 2.45) is 0 Å². The minimum atomic E-state index is -0.620. The molecule has 0 spiro atoms. The van der Waals surface area contributed by atoms with Crippen LogP contribution in [-0.4, -0.2) is 62.0 Å². The molecular weight excluding hydrogens is 693 g/mol. The number of piperidine rings is 1. The number of amides is 2. The highest BCUT2D eigenvalue weighted by Crippen LogP contribution is 2.40. The van der Waals surface area contributed by atoms with E-state index in [0.29, 0.717) is 17.5 Å². The first kappa shape index (κ1) is 35.1. The number of hydrogen-bond acceptors (Lipinski definition) is 7. The van der Waals surface area contributed by atoms with Gasteiger partial charge in [-0.05, 0) is 77.1 Å². The lowest BCUT2D eigenvalue weighted by Gasteiger charge is -2.40. The predicted molar refractivity (Wildman–Crippen MR) is 208 cm³/mol. The van der Waals surface area contributed by atoms with Gasteiger partial charge in [0.1, 0.15) is 0 Å². The van der Waals surface area contributed by atoms with Crippen LogP contribution >= 0.6 is 0 Å². The van der Waals surface area contributed by atoms with Crippen molar-refractivity contribution in [3.8, 4) is 11.1 Å². The fourth-order valence-corrected chi connectivity index (χ4v) is 8.40. The van der Waals surface area contributed by atoms with Gasteiger partial charge >= 0.3 is 5.69 Å². The van der Waals surface area contributed by atoms with E-state index < -0.39 is 6.29 Å². The molecule has 1 aromatic heterocycles. The first-order chi connectivity index (χ1) is 26.9. The van der Waals surface area contributed by atoms with Crippen molar-refractivity contribution in [2.45, 2.75) is 57.0 Å². The Hall–Kier alpha value is -5.65. The lowest BCUT2D eigenvalue weighted by atomic mass is 9.97. The second kappa shape index (κ2) is 14.9. The van der Waals surface area contributed by atoms with Crippen LogP contribution in [0, 0.1) is 0 Å². The number of likely N-dealkylation sites (tertiary alicyclic amines) is 1. The molecule has 0 bridgehead atoms. The highest BCUT2D eigenvalue weighted by atomic mass is 16.7. The van der Waals surface area contributed by atoms with Crippen molar-refractivity contribution in [3.05, 3.63) is 165 Å². The average molecular weight is 735 g/mol. The minimum Gasteiger partial charge on any atom is -0.392 e. The standard InChI is InChI=1S/C45H42N4O6/c50-28-29-15-17-31(18-16-29)41-25-36(27-47-21-19-35(20-22-47)49-40-14-4-3-13-39(40)46-45(49)53)54-44(55-41)34-10-6-9-33(24-34)32-8-5-7-30(23-32)26-48-42(51)37-11-1-2-12-38(37)43(48)52/h1-18,23-24,35-36,41,44,50H,19-22,25-28H2,(H,46,53)/t36-,41+,44+/m1/s1. The Morgan fingerprint density at radius 3 is 2.13 bits per heavy atom. The molecule has 0 unspecified atom stereocenters. The van der Waals surface area contributed by atoms with Gasteiger partial charge in [-0.2, -0.15) is 0 Å². The molecule has 9 rings (SSSR count). The van der Waals surface area contributed by atoms with E-state index >= 15 is 0 Å². The van der Waals surface area contributed by atoms with Crippen LogP contribution in [0.2, 0.25) is 0 Å². The molecule has 2 amide bonds. The maximum Gasteiger partial charge on any atom is 0.326 e. The molecular formula is C45H42N4O6. The van der Waals surface area contributed by atoms with Crippen molar-refractivity contribution >= 4 is 22.8 Å². The lowest BCUT2D eigenvalue weighted by molar-refractivity contribution is -0.253. The van der Waals surface area contributed by atoms with Gasteiger partial charge in [0.15, 0.2) is 6.29 Å². The number of rotatable bonds is 9. The number of benzene rings is 5. The fraction of sp³-hybridized carbons (Fsp3) is 0.267. The van der Waals surface area contributed by atoms with Gasteiger partial charge in [0.05, 0.1) is 47.5 Å². The number of hydrogen-bond donors (Lipinski definition) is 2. The van der Waals surface area contributed by atoms with E-state index in [1.807, 2.05) is 95.6 Å². The number of para-hydroxylation sites is 2. The van der Waals surface area contributed by atoms with E-state index in [-0.39, 0.29) is 48.9 Å². The summed E-state index contributed by atoms with van der Waals surface area (Å²) in [7, 11) is 0. The fourth-order valence-electron chi connectivity index (χ4n) is 8.40. The van der Waals surface area contributed by atoms with Crippen molar-refractivity contribution < 1.29 is 24.2 Å². The van der Waals surface area contributed by atoms with Crippen LogP contribution in [0.3, 0.4) is 0 Å². The third kappa shape index (κ3) is 6.94. The van der Waals surface area contributed by atoms with Crippen LogP contribution in [0.5, 0.6) is 0 Å². The van der Waals surface area contributed by atoms with E-state index in [1.165, 1.54) is 4.90 Å². The quantitative estimate of drug-likeness (QED) is 0.151. The zero-order valence-corrected chi connectivity index (χ0v) is 30.3. The van der Waals surface area contributed by atoms with E-state index in [2.05, 4.69) is 16.0 Å². The molecule has 3 atom stereocenters. The van der Waals surface area contributed by atoms with Crippen LogP contribution in [-0.2, 0) is 22.6 Å². The molecule has 278 valence electrons. The third-order valence-corrected chi connectivity index (χ3v) is 11.3. The third-order valence-electron chi connectivity index (χ3n) is 11.3. The summed E-state index contributed by atoms with van der Waals surface area (Å²) < 4.78 is 15.4. The monoisotopic (exact) mass is 734 g/mol. The van der Waals surface area contributed by atoms with Gasteiger partial charge in [0.25, 0.3) is 11.8 Å². The Bertz CT molecular complexity index is 2390. The molecule has 10 nitrogen and oxygen atoms in total. The smallest absolute Gasteiger partial charge is 0.326 e. The molecule has 0 aliphatic carbocycles. The van der Waals surface area contributed by atoms with Crippen molar-refractivity contribution in [1.82, 2.24) is 19.4 Å². The summed E-state index contributed by atoms with van der Waals surface area (Å²) >= 11 is 0. The van der Waals surface area contributed by atoms with Gasteiger partial charge in [-0.15, -0.1) is 0 Å². The lowest BCUT2D eigenvalue weighted by Crippen LogP contribution is -2.43. The van der Waals surface area contributed by atoms with Crippen LogP contribution in [0.15, 0.2) is 126 Å². The first-order valence-electron chi connectivity index (χ1n) is 19.0. The number of aliphatic hydroxyl groups excluding tert-OH is 1. The molecule has 4 heterocycles. The number of nitrogens with one attached hydrogen (secondary N) is 1. The van der Waals surface area contributed by atoms with Gasteiger partial charge in [-0.3, -0.25) is 19.1 Å². The maximum absolute atomic E-state index is 13.1. The first-order valence-corrected chi connectivity index (χ1v) is 19.0. The summed E-state index contributed by atoms with van der Waals surface area (Å²) in [5, 5.41) is 9.66. The van der Waals surface area contributed by atoms with E-state index in [9.17, 15) is 19.5 Å². The second-order valence-electron chi connectivity index (χ2n) is 14.8. The van der Waals surface area contributed by atoms with Crippen LogP contribution in [0.1, 0.15) is 80.7 Å². The minimum absolute atomic E-state index is 0.0208. The molecule has 5 aromatic carbocycles. The largest absolute Gasteiger partial charge is 0.392 e. The van der Waals surface area contributed by atoms with Crippen molar-refractivity contribution in [1.29, 1.82) is 0 Å². The van der Waals surface area contributed by atoms with Crippen LogP contribution < -0.4 is 5.69 Å². The van der Waals surface area contributed by atoms with Crippen molar-refractivity contribution in [3.63, 3.8) is 0 Å². The number of imide groups is 1. The zero-order valence-electron chi connectivity index (χ0n) is 30.3. The van der Waals surface area contributed by atoms with Gasteiger partial charge in [0, 0.05) is 37.7 Å². The summed E-state index contributed by atoms with van der Waals surface area (Å²) in [6, 6.07) is 39.0. The number of carbonyl (C=O) groups excluding carboxylic acids is 2. The molecule has 0 radical (unpaired) electrons. The van der Waals surface area contributed by atoms with E-state index in [0.717, 1.165) is 76.9 Å². The maximum atomic E-state index is 13.1. The Kier molecular flexibility index (Phi) is 9.49. The number of aromatic amines is 1. The number of ether oxygens (including phenoxy) is 2. The molecule has 3 aliphatic heterocycles. The number of fused-ring (bicyclic) bond motifs is 2. The topological polar surface area (TPSA) is 117 Å². The normalized spacial score (nSPS) is 20.7. The SMILES string of the molecule is O=C1c2ccccc2C(=O)N1Cc1cccc(-c2cccc([C@H]3O[C@@H](CN4CCC(n5c(=O)[nH]c6ccccc65)CC4)C[C@@H](c4ccc(CO)cc4)O3)c2)c1.